The molecule has 27 heavy (non-hydrogen) atoms. The summed E-state index contributed by atoms with van der Waals surface area (Å²) in [4.78, 5) is 0. The summed E-state index contributed by atoms with van der Waals surface area (Å²) in [6, 6.07) is 13.4. The second-order valence-corrected chi connectivity index (χ2v) is 6.03. The van der Waals surface area contributed by atoms with E-state index in [1.807, 2.05) is 18.2 Å². The number of alkyl halides is 3. The summed E-state index contributed by atoms with van der Waals surface area (Å²) in [6.07, 6.45) is -4.44. The molecule has 0 amide bonds. The molecule has 0 bridgehead atoms. The second-order valence-electron chi connectivity index (χ2n) is 5.65. The van der Waals surface area contributed by atoms with Crippen LogP contribution in [0.5, 0.6) is 0 Å². The Labute approximate surface area is 158 Å². The van der Waals surface area contributed by atoms with Crippen molar-refractivity contribution >= 4 is 23.1 Å². The minimum absolute atomic E-state index is 0.0508. The van der Waals surface area contributed by atoms with Crippen molar-refractivity contribution in [2.45, 2.75) is 6.18 Å². The number of halogens is 4. The van der Waals surface area contributed by atoms with Crippen molar-refractivity contribution in [1.29, 1.82) is 5.41 Å². The van der Waals surface area contributed by atoms with Crippen molar-refractivity contribution in [2.75, 3.05) is 12.4 Å². The Balaban J connectivity index is 2.08. The van der Waals surface area contributed by atoms with Gasteiger partial charge >= 0.3 is 6.18 Å². The van der Waals surface area contributed by atoms with Gasteiger partial charge in [-0.15, -0.1) is 10.2 Å². The molecule has 0 saturated heterocycles. The lowest BCUT2D eigenvalue weighted by molar-refractivity contribution is -0.137. The van der Waals surface area contributed by atoms with Gasteiger partial charge < -0.3 is 5.32 Å². The van der Waals surface area contributed by atoms with Crippen LogP contribution in [0.1, 0.15) is 16.7 Å². The average Bonchev–Trinajstić information content (AvgIpc) is 2.67. The summed E-state index contributed by atoms with van der Waals surface area (Å²) >= 11 is 6.51. The highest BCUT2D eigenvalue weighted by Crippen LogP contribution is 2.34. The third kappa shape index (κ3) is 3.78. The third-order valence-electron chi connectivity index (χ3n) is 3.95. The monoisotopic (exact) mass is 390 g/mol. The first kappa shape index (κ1) is 18.8. The maximum Gasteiger partial charge on any atom is 0.416 e. The molecule has 0 unspecified atom stereocenters. The Morgan fingerprint density at radius 2 is 1.63 bits per heavy atom. The molecule has 1 aromatic heterocycles. The highest BCUT2D eigenvalue weighted by Gasteiger charge is 2.30. The van der Waals surface area contributed by atoms with E-state index in [-0.39, 0.29) is 27.7 Å². The SMILES string of the molecule is CNc1nnc(-c2ccccc2)c(Cl)c1C(=N)c1ccc(C(F)(F)F)cc1. The normalized spacial score (nSPS) is 11.3. The van der Waals surface area contributed by atoms with Crippen LogP contribution in [0.2, 0.25) is 5.02 Å². The molecule has 3 aromatic rings. The van der Waals surface area contributed by atoms with Gasteiger partial charge in [-0.2, -0.15) is 13.2 Å². The predicted molar refractivity (Wildman–Crippen MR) is 99.4 cm³/mol. The minimum atomic E-state index is -4.44. The number of hydrogen-bond acceptors (Lipinski definition) is 4. The summed E-state index contributed by atoms with van der Waals surface area (Å²) in [5.41, 5.74) is 0.838. The first-order valence-corrected chi connectivity index (χ1v) is 8.26. The number of nitrogens with one attached hydrogen (secondary N) is 2. The lowest BCUT2D eigenvalue weighted by atomic mass is 10.00. The Hall–Kier alpha value is -2.93. The predicted octanol–water partition coefficient (Wildman–Crippen LogP) is 5.27. The minimum Gasteiger partial charge on any atom is -0.371 e. The molecule has 1 heterocycles. The van der Waals surface area contributed by atoms with Crippen LogP contribution in [0, 0.1) is 5.41 Å². The van der Waals surface area contributed by atoms with Gasteiger partial charge in [0.05, 0.1) is 21.9 Å². The Bertz CT molecular complexity index is 971. The fourth-order valence-electron chi connectivity index (χ4n) is 2.57. The molecule has 0 atom stereocenters. The molecule has 0 aliphatic carbocycles. The van der Waals surface area contributed by atoms with Crippen molar-refractivity contribution < 1.29 is 13.2 Å². The molecule has 4 nitrogen and oxygen atoms in total. The van der Waals surface area contributed by atoms with E-state index in [9.17, 15) is 13.2 Å². The Kier molecular flexibility index (Phi) is 5.14. The van der Waals surface area contributed by atoms with Crippen LogP contribution in [0.25, 0.3) is 11.3 Å². The highest BCUT2D eigenvalue weighted by atomic mass is 35.5. The number of benzene rings is 2. The second kappa shape index (κ2) is 7.36. The third-order valence-corrected chi connectivity index (χ3v) is 4.32. The van der Waals surface area contributed by atoms with E-state index >= 15 is 0 Å². The van der Waals surface area contributed by atoms with Crippen molar-refractivity contribution in [2.24, 2.45) is 0 Å². The van der Waals surface area contributed by atoms with Crippen LogP contribution >= 0.6 is 11.6 Å². The summed E-state index contributed by atoms with van der Waals surface area (Å²) in [5, 5.41) is 19.7. The van der Waals surface area contributed by atoms with Gasteiger partial charge in [0.25, 0.3) is 0 Å². The van der Waals surface area contributed by atoms with Gasteiger partial charge in [0.1, 0.15) is 5.69 Å². The number of rotatable bonds is 4. The fourth-order valence-corrected chi connectivity index (χ4v) is 2.90. The maximum atomic E-state index is 12.8. The largest absolute Gasteiger partial charge is 0.416 e. The van der Waals surface area contributed by atoms with Crippen LogP contribution in [-0.4, -0.2) is 23.0 Å². The zero-order valence-electron chi connectivity index (χ0n) is 14.1. The molecular formula is C19H14ClF3N4. The molecule has 2 aromatic carbocycles. The van der Waals surface area contributed by atoms with Crippen molar-refractivity contribution in [1.82, 2.24) is 10.2 Å². The Morgan fingerprint density at radius 3 is 2.19 bits per heavy atom. The van der Waals surface area contributed by atoms with Crippen molar-refractivity contribution in [3.63, 3.8) is 0 Å². The van der Waals surface area contributed by atoms with Crippen LogP contribution in [0.15, 0.2) is 54.6 Å². The number of nitrogens with zero attached hydrogens (tertiary/aromatic N) is 2. The summed E-state index contributed by atoms with van der Waals surface area (Å²) in [7, 11) is 1.60. The maximum absolute atomic E-state index is 12.8. The van der Waals surface area contributed by atoms with Crippen molar-refractivity contribution in [3.05, 3.63) is 76.3 Å². The fraction of sp³-hybridized carbons (Fsp3) is 0.105. The summed E-state index contributed by atoms with van der Waals surface area (Å²) in [6.45, 7) is 0. The molecule has 8 heteroatoms. The van der Waals surface area contributed by atoms with Crippen LogP contribution in [-0.2, 0) is 6.18 Å². The van der Waals surface area contributed by atoms with Gasteiger partial charge in [0.2, 0.25) is 0 Å². The molecular weight excluding hydrogens is 377 g/mol. The first-order chi connectivity index (χ1) is 12.8. The molecule has 2 N–H and O–H groups in total. The molecule has 0 spiro atoms. The van der Waals surface area contributed by atoms with E-state index in [1.54, 1.807) is 19.2 Å². The standard InChI is InChI=1S/C19H14ClF3N4/c1-25-18-14(15(20)17(26-27-18)12-5-3-2-4-6-12)16(24)11-7-9-13(10-8-11)19(21,22)23/h2-10,24H,1H3,(H,25,27). The smallest absolute Gasteiger partial charge is 0.371 e. The van der Waals surface area contributed by atoms with Gasteiger partial charge in [0.15, 0.2) is 5.82 Å². The quantitative estimate of drug-likeness (QED) is 0.596. The first-order valence-electron chi connectivity index (χ1n) is 7.89. The average molecular weight is 391 g/mol. The van der Waals surface area contributed by atoms with Crippen LogP contribution in [0.3, 0.4) is 0 Å². The van der Waals surface area contributed by atoms with E-state index in [1.165, 1.54) is 12.1 Å². The summed E-state index contributed by atoms with van der Waals surface area (Å²) in [5.74, 6) is 0.268. The van der Waals surface area contributed by atoms with Crippen LogP contribution in [0.4, 0.5) is 19.0 Å². The van der Waals surface area contributed by atoms with E-state index in [0.29, 0.717) is 5.69 Å². The molecule has 0 fully saturated rings. The van der Waals surface area contributed by atoms with Gasteiger partial charge in [-0.1, -0.05) is 54.1 Å². The van der Waals surface area contributed by atoms with E-state index < -0.39 is 11.7 Å². The van der Waals surface area contributed by atoms with Gasteiger partial charge in [-0.25, -0.2) is 0 Å². The zero-order chi connectivity index (χ0) is 19.6. The molecule has 138 valence electrons. The number of hydrogen-bond donors (Lipinski definition) is 2. The molecule has 0 saturated carbocycles. The van der Waals surface area contributed by atoms with Gasteiger partial charge in [-0.3, -0.25) is 5.41 Å². The molecule has 0 aliphatic heterocycles. The van der Waals surface area contributed by atoms with Crippen molar-refractivity contribution in [3.8, 4) is 11.3 Å². The van der Waals surface area contributed by atoms with E-state index in [2.05, 4.69) is 15.5 Å². The lowest BCUT2D eigenvalue weighted by Crippen LogP contribution is -2.11. The van der Waals surface area contributed by atoms with Gasteiger partial charge in [-0.05, 0) is 12.1 Å². The summed E-state index contributed by atoms with van der Waals surface area (Å²) < 4.78 is 38.3. The molecule has 3 rings (SSSR count). The van der Waals surface area contributed by atoms with Crippen LogP contribution < -0.4 is 5.32 Å². The number of anilines is 1. The van der Waals surface area contributed by atoms with E-state index in [0.717, 1.165) is 17.7 Å². The van der Waals surface area contributed by atoms with Gasteiger partial charge in [0, 0.05) is 18.2 Å². The molecule has 0 aliphatic rings. The number of aromatic nitrogens is 2. The molecule has 0 radical (unpaired) electrons. The zero-order valence-corrected chi connectivity index (χ0v) is 14.9. The lowest BCUT2D eigenvalue weighted by Gasteiger charge is -2.14. The highest BCUT2D eigenvalue weighted by molar-refractivity contribution is 6.38. The van der Waals surface area contributed by atoms with E-state index in [4.69, 9.17) is 17.0 Å². The Morgan fingerprint density at radius 1 is 1.00 bits per heavy atom. The topological polar surface area (TPSA) is 61.7 Å².